The first kappa shape index (κ1) is 26.1. The van der Waals surface area contributed by atoms with Crippen LogP contribution in [0.3, 0.4) is 0 Å². The summed E-state index contributed by atoms with van der Waals surface area (Å²) in [7, 11) is -2.27. The fourth-order valence-electron chi connectivity index (χ4n) is 3.77. The van der Waals surface area contributed by atoms with E-state index in [1.54, 1.807) is 7.11 Å². The molecule has 1 atom stereocenters. The van der Waals surface area contributed by atoms with Crippen molar-refractivity contribution in [3.63, 3.8) is 0 Å². The zero-order valence-electron chi connectivity index (χ0n) is 20.0. The Labute approximate surface area is 195 Å². The number of benzene rings is 2. The standard InChI is InChI=1S/C23H31N3O6S/c1-14(2)18-12-19(15(3)11-22(18)32-6)17(5)24-23(27)13-25(33(7,30)31)20-9-8-10-21(16(20)4)26(28)29/h8-12,14,17H,13H2,1-7H3,(H,24,27). The third-order valence-electron chi connectivity index (χ3n) is 5.51. The van der Waals surface area contributed by atoms with Crippen molar-refractivity contribution < 1.29 is 22.9 Å². The number of amides is 1. The van der Waals surface area contributed by atoms with Gasteiger partial charge in [-0.25, -0.2) is 8.42 Å². The second-order valence-electron chi connectivity index (χ2n) is 8.34. The summed E-state index contributed by atoms with van der Waals surface area (Å²) < 4.78 is 31.3. The molecule has 2 aromatic carbocycles. The van der Waals surface area contributed by atoms with Crippen molar-refractivity contribution in [1.29, 1.82) is 0 Å². The average Bonchev–Trinajstić information content (AvgIpc) is 2.70. The number of sulfonamides is 1. The van der Waals surface area contributed by atoms with Crippen LogP contribution in [-0.4, -0.2) is 39.2 Å². The van der Waals surface area contributed by atoms with Crippen molar-refractivity contribution in [1.82, 2.24) is 5.32 Å². The molecule has 2 aromatic rings. The lowest BCUT2D eigenvalue weighted by atomic mass is 9.93. The molecule has 0 spiro atoms. The molecule has 0 saturated heterocycles. The predicted octanol–water partition coefficient (Wildman–Crippen LogP) is 3.99. The van der Waals surface area contributed by atoms with E-state index in [0.717, 1.165) is 33.0 Å². The summed E-state index contributed by atoms with van der Waals surface area (Å²) in [6, 6.07) is 7.65. The lowest BCUT2D eigenvalue weighted by molar-refractivity contribution is -0.385. The number of nitro groups is 1. The Morgan fingerprint density at radius 2 is 1.82 bits per heavy atom. The summed E-state index contributed by atoms with van der Waals surface area (Å²) in [5.74, 6) is 0.453. The molecule has 0 aliphatic carbocycles. The summed E-state index contributed by atoms with van der Waals surface area (Å²) in [5, 5.41) is 14.1. The number of anilines is 1. The van der Waals surface area contributed by atoms with E-state index in [1.807, 2.05) is 39.8 Å². The van der Waals surface area contributed by atoms with Gasteiger partial charge in [0.05, 0.1) is 35.6 Å². The van der Waals surface area contributed by atoms with Crippen LogP contribution in [-0.2, 0) is 14.8 Å². The monoisotopic (exact) mass is 477 g/mol. The summed E-state index contributed by atoms with van der Waals surface area (Å²) in [6.07, 6.45) is 0.963. The quantitative estimate of drug-likeness (QED) is 0.431. The van der Waals surface area contributed by atoms with E-state index in [9.17, 15) is 23.3 Å². The predicted molar refractivity (Wildman–Crippen MR) is 128 cm³/mol. The molecule has 33 heavy (non-hydrogen) atoms. The molecule has 10 heteroatoms. The van der Waals surface area contributed by atoms with Crippen LogP contribution in [0.5, 0.6) is 5.75 Å². The maximum atomic E-state index is 12.9. The fourth-order valence-corrected chi connectivity index (χ4v) is 4.67. The molecular weight excluding hydrogens is 446 g/mol. The van der Waals surface area contributed by atoms with Crippen LogP contribution in [0, 0.1) is 24.0 Å². The first-order chi connectivity index (χ1) is 15.3. The highest BCUT2D eigenvalue weighted by atomic mass is 32.2. The molecule has 0 aromatic heterocycles. The Hall–Kier alpha value is -3.14. The highest BCUT2D eigenvalue weighted by molar-refractivity contribution is 7.92. The number of rotatable bonds is 9. The van der Waals surface area contributed by atoms with Crippen LogP contribution in [0.15, 0.2) is 30.3 Å². The number of methoxy groups -OCH3 is 1. The smallest absolute Gasteiger partial charge is 0.274 e. The molecule has 9 nitrogen and oxygen atoms in total. The lowest BCUT2D eigenvalue weighted by Gasteiger charge is -2.25. The SMILES string of the molecule is COc1cc(C)c(C(C)NC(=O)CN(c2cccc([N+](=O)[O-])c2C)S(C)(=O)=O)cc1C(C)C. The van der Waals surface area contributed by atoms with Gasteiger partial charge in [-0.3, -0.25) is 19.2 Å². The molecule has 0 aliphatic rings. The number of carbonyl (C=O) groups is 1. The van der Waals surface area contributed by atoms with Crippen LogP contribution < -0.4 is 14.4 Å². The third-order valence-corrected chi connectivity index (χ3v) is 6.64. The second-order valence-corrected chi connectivity index (χ2v) is 10.2. The van der Waals surface area contributed by atoms with E-state index in [0.29, 0.717) is 0 Å². The molecule has 0 fully saturated rings. The number of hydrogen-bond donors (Lipinski definition) is 1. The summed E-state index contributed by atoms with van der Waals surface area (Å²) in [5.41, 5.74) is 2.87. The number of carbonyl (C=O) groups excluding carboxylic acids is 1. The van der Waals surface area contributed by atoms with Crippen molar-refractivity contribution in [2.75, 3.05) is 24.2 Å². The van der Waals surface area contributed by atoms with Crippen LogP contribution in [0.1, 0.15) is 55.0 Å². The normalized spacial score (nSPS) is 12.4. The minimum atomic E-state index is -3.88. The Kier molecular flexibility index (Phi) is 8.07. The second kappa shape index (κ2) is 10.2. The minimum absolute atomic E-state index is 0.0947. The lowest BCUT2D eigenvalue weighted by Crippen LogP contribution is -2.41. The van der Waals surface area contributed by atoms with Crippen molar-refractivity contribution in [3.8, 4) is 5.75 Å². The molecule has 1 unspecified atom stereocenters. The molecule has 0 saturated carbocycles. The number of nitrogens with zero attached hydrogens (tertiary/aromatic N) is 2. The van der Waals surface area contributed by atoms with Crippen molar-refractivity contribution in [2.45, 2.75) is 46.6 Å². The van der Waals surface area contributed by atoms with E-state index in [4.69, 9.17) is 4.74 Å². The van der Waals surface area contributed by atoms with Crippen LogP contribution in [0.4, 0.5) is 11.4 Å². The molecule has 180 valence electrons. The summed E-state index contributed by atoms with van der Waals surface area (Å²) in [6.45, 7) is 8.79. The van der Waals surface area contributed by atoms with Crippen molar-refractivity contribution >= 4 is 27.3 Å². The Bertz CT molecular complexity index is 1160. The van der Waals surface area contributed by atoms with Gasteiger partial charge in [0.25, 0.3) is 5.69 Å². The molecule has 0 radical (unpaired) electrons. The van der Waals surface area contributed by atoms with Gasteiger partial charge in [-0.1, -0.05) is 19.9 Å². The third kappa shape index (κ3) is 6.01. The van der Waals surface area contributed by atoms with Gasteiger partial charge in [0.2, 0.25) is 15.9 Å². The molecular formula is C23H31N3O6S. The zero-order chi connectivity index (χ0) is 25.1. The molecule has 0 heterocycles. The van der Waals surface area contributed by atoms with Gasteiger partial charge in [-0.15, -0.1) is 0 Å². The maximum absolute atomic E-state index is 12.9. The largest absolute Gasteiger partial charge is 0.496 e. The molecule has 0 bridgehead atoms. The average molecular weight is 478 g/mol. The van der Waals surface area contributed by atoms with E-state index < -0.39 is 33.4 Å². The number of nitro benzene ring substituents is 1. The maximum Gasteiger partial charge on any atom is 0.274 e. The number of nitrogens with one attached hydrogen (secondary N) is 1. The highest BCUT2D eigenvalue weighted by Gasteiger charge is 2.26. The summed E-state index contributed by atoms with van der Waals surface area (Å²) in [4.78, 5) is 23.6. The topological polar surface area (TPSA) is 119 Å². The molecule has 1 N–H and O–H groups in total. The van der Waals surface area contributed by atoms with Gasteiger partial charge in [-0.05, 0) is 61.6 Å². The van der Waals surface area contributed by atoms with Gasteiger partial charge in [-0.2, -0.15) is 0 Å². The first-order valence-electron chi connectivity index (χ1n) is 10.5. The van der Waals surface area contributed by atoms with Gasteiger partial charge in [0.15, 0.2) is 0 Å². The van der Waals surface area contributed by atoms with Crippen LogP contribution in [0.25, 0.3) is 0 Å². The number of ether oxygens (including phenoxy) is 1. The van der Waals surface area contributed by atoms with Crippen LogP contribution in [0.2, 0.25) is 0 Å². The van der Waals surface area contributed by atoms with E-state index in [1.165, 1.54) is 25.1 Å². The Morgan fingerprint density at radius 1 is 1.18 bits per heavy atom. The Balaban J connectivity index is 2.34. The van der Waals surface area contributed by atoms with Gasteiger partial charge in [0.1, 0.15) is 12.3 Å². The highest BCUT2D eigenvalue weighted by Crippen LogP contribution is 2.32. The van der Waals surface area contributed by atoms with Crippen molar-refractivity contribution in [2.24, 2.45) is 0 Å². The van der Waals surface area contributed by atoms with Gasteiger partial charge in [0, 0.05) is 6.07 Å². The first-order valence-corrected chi connectivity index (χ1v) is 12.3. The number of hydrogen-bond acceptors (Lipinski definition) is 6. The zero-order valence-corrected chi connectivity index (χ0v) is 20.8. The molecule has 0 aliphatic heterocycles. The van der Waals surface area contributed by atoms with Crippen molar-refractivity contribution in [3.05, 3.63) is 62.7 Å². The summed E-state index contributed by atoms with van der Waals surface area (Å²) >= 11 is 0. The van der Waals surface area contributed by atoms with E-state index in [-0.39, 0.29) is 22.9 Å². The minimum Gasteiger partial charge on any atom is -0.496 e. The van der Waals surface area contributed by atoms with Gasteiger partial charge >= 0.3 is 0 Å². The van der Waals surface area contributed by atoms with E-state index in [2.05, 4.69) is 5.32 Å². The molecule has 2 rings (SSSR count). The Morgan fingerprint density at radius 3 is 2.33 bits per heavy atom. The van der Waals surface area contributed by atoms with Gasteiger partial charge < -0.3 is 10.1 Å². The number of aryl methyl sites for hydroxylation is 1. The van der Waals surface area contributed by atoms with E-state index >= 15 is 0 Å². The fraction of sp³-hybridized carbons (Fsp3) is 0.435. The molecule has 1 amide bonds. The van der Waals surface area contributed by atoms with Crippen LogP contribution >= 0.6 is 0 Å².